The third-order valence-electron chi connectivity index (χ3n) is 2.96. The molecule has 0 amide bonds. The van der Waals surface area contributed by atoms with Crippen molar-refractivity contribution in [1.82, 2.24) is 0 Å². The number of aromatic carboxylic acids is 1. The lowest BCUT2D eigenvalue weighted by atomic mass is 10.1. The van der Waals surface area contributed by atoms with E-state index in [1.807, 2.05) is 19.1 Å². The van der Waals surface area contributed by atoms with E-state index in [1.165, 1.54) is 0 Å². The molecule has 0 radical (unpaired) electrons. The molecule has 0 spiro atoms. The van der Waals surface area contributed by atoms with Crippen molar-refractivity contribution >= 4 is 11.7 Å². The highest BCUT2D eigenvalue weighted by Gasteiger charge is 2.09. The van der Waals surface area contributed by atoms with Crippen LogP contribution in [0.1, 0.15) is 49.0 Å². The van der Waals surface area contributed by atoms with E-state index in [2.05, 4.69) is 19.2 Å². The summed E-state index contributed by atoms with van der Waals surface area (Å²) in [5, 5.41) is 12.4. The van der Waals surface area contributed by atoms with Crippen LogP contribution in [0.25, 0.3) is 0 Å². The molecule has 17 heavy (non-hydrogen) atoms. The van der Waals surface area contributed by atoms with E-state index in [-0.39, 0.29) is 0 Å². The van der Waals surface area contributed by atoms with Gasteiger partial charge in [0.1, 0.15) is 0 Å². The Morgan fingerprint density at radius 3 is 2.59 bits per heavy atom. The van der Waals surface area contributed by atoms with Gasteiger partial charge in [0.25, 0.3) is 0 Å². The van der Waals surface area contributed by atoms with Gasteiger partial charge in [-0.05, 0) is 43.5 Å². The summed E-state index contributed by atoms with van der Waals surface area (Å²) in [6.45, 7) is 6.16. The normalized spacial score (nSPS) is 12.2. The van der Waals surface area contributed by atoms with E-state index in [0.717, 1.165) is 30.5 Å². The fourth-order valence-corrected chi connectivity index (χ4v) is 1.96. The van der Waals surface area contributed by atoms with E-state index in [0.29, 0.717) is 11.6 Å². The number of aryl methyl sites for hydroxylation is 1. The lowest BCUT2D eigenvalue weighted by Crippen LogP contribution is -2.18. The second kappa shape index (κ2) is 6.28. The van der Waals surface area contributed by atoms with Crippen molar-refractivity contribution in [1.29, 1.82) is 0 Å². The molecule has 0 aliphatic heterocycles. The number of rotatable bonds is 6. The van der Waals surface area contributed by atoms with Crippen molar-refractivity contribution < 1.29 is 9.90 Å². The van der Waals surface area contributed by atoms with Crippen LogP contribution in [0.2, 0.25) is 0 Å². The molecule has 2 N–H and O–H groups in total. The molecular weight excluding hydrogens is 214 g/mol. The highest BCUT2D eigenvalue weighted by atomic mass is 16.4. The van der Waals surface area contributed by atoms with Gasteiger partial charge in [-0.1, -0.05) is 20.3 Å². The molecule has 1 aromatic rings. The van der Waals surface area contributed by atoms with Gasteiger partial charge in [0.2, 0.25) is 0 Å². The van der Waals surface area contributed by atoms with Gasteiger partial charge in [0.15, 0.2) is 0 Å². The summed E-state index contributed by atoms with van der Waals surface area (Å²) in [6.07, 6.45) is 3.36. The van der Waals surface area contributed by atoms with Crippen LogP contribution in [0.15, 0.2) is 18.2 Å². The zero-order valence-corrected chi connectivity index (χ0v) is 10.8. The molecule has 0 heterocycles. The molecule has 0 fully saturated rings. The second-order valence-electron chi connectivity index (χ2n) is 4.37. The number of carbonyl (C=O) groups is 1. The summed E-state index contributed by atoms with van der Waals surface area (Å²) < 4.78 is 0. The third kappa shape index (κ3) is 3.77. The lowest BCUT2D eigenvalue weighted by Gasteiger charge is -2.18. The SMILES string of the molecule is CCCC(CC)Nc1ccc(C(=O)O)c(C)c1. The Hall–Kier alpha value is -1.51. The number of hydrogen-bond acceptors (Lipinski definition) is 2. The first-order valence-corrected chi connectivity index (χ1v) is 6.19. The fourth-order valence-electron chi connectivity index (χ4n) is 1.96. The monoisotopic (exact) mass is 235 g/mol. The molecule has 1 unspecified atom stereocenters. The van der Waals surface area contributed by atoms with Gasteiger partial charge >= 0.3 is 5.97 Å². The summed E-state index contributed by atoms with van der Waals surface area (Å²) in [5.41, 5.74) is 2.18. The number of nitrogens with one attached hydrogen (secondary N) is 1. The zero-order valence-electron chi connectivity index (χ0n) is 10.8. The standard InChI is InChI=1S/C14H21NO2/c1-4-6-11(5-2)15-12-7-8-13(14(16)17)10(3)9-12/h7-9,11,15H,4-6H2,1-3H3,(H,16,17). The van der Waals surface area contributed by atoms with Gasteiger partial charge in [-0.15, -0.1) is 0 Å². The van der Waals surface area contributed by atoms with E-state index in [9.17, 15) is 4.79 Å². The van der Waals surface area contributed by atoms with Crippen LogP contribution in [0, 0.1) is 6.92 Å². The summed E-state index contributed by atoms with van der Waals surface area (Å²) in [7, 11) is 0. The van der Waals surface area contributed by atoms with E-state index < -0.39 is 5.97 Å². The highest BCUT2D eigenvalue weighted by molar-refractivity contribution is 5.89. The van der Waals surface area contributed by atoms with Crippen molar-refractivity contribution in [3.05, 3.63) is 29.3 Å². The molecule has 0 saturated carbocycles. The Balaban J connectivity index is 2.79. The molecule has 0 aliphatic rings. The van der Waals surface area contributed by atoms with Crippen LogP contribution in [-0.2, 0) is 0 Å². The number of carboxylic acids is 1. The maximum absolute atomic E-state index is 10.9. The molecule has 0 aliphatic carbocycles. The Morgan fingerprint density at radius 2 is 2.12 bits per heavy atom. The predicted molar refractivity (Wildman–Crippen MR) is 70.7 cm³/mol. The molecule has 1 aromatic carbocycles. The quantitative estimate of drug-likeness (QED) is 0.790. The minimum absolute atomic E-state index is 0.374. The molecule has 3 nitrogen and oxygen atoms in total. The van der Waals surface area contributed by atoms with Crippen LogP contribution >= 0.6 is 0 Å². The molecule has 0 aromatic heterocycles. The Kier molecular flexibility index (Phi) is 5.01. The smallest absolute Gasteiger partial charge is 0.335 e. The fraction of sp³-hybridized carbons (Fsp3) is 0.500. The first-order chi connectivity index (χ1) is 8.08. The van der Waals surface area contributed by atoms with Crippen molar-refractivity contribution in [2.75, 3.05) is 5.32 Å². The van der Waals surface area contributed by atoms with E-state index in [4.69, 9.17) is 5.11 Å². The minimum Gasteiger partial charge on any atom is -0.478 e. The average molecular weight is 235 g/mol. The van der Waals surface area contributed by atoms with Gasteiger partial charge in [0, 0.05) is 11.7 Å². The summed E-state index contributed by atoms with van der Waals surface area (Å²) >= 11 is 0. The van der Waals surface area contributed by atoms with Crippen molar-refractivity contribution in [2.45, 2.75) is 46.1 Å². The van der Waals surface area contributed by atoms with E-state index >= 15 is 0 Å². The van der Waals surface area contributed by atoms with Crippen LogP contribution in [0.5, 0.6) is 0 Å². The molecule has 3 heteroatoms. The van der Waals surface area contributed by atoms with Crippen molar-refractivity contribution in [3.63, 3.8) is 0 Å². The first kappa shape index (κ1) is 13.6. The van der Waals surface area contributed by atoms with Crippen LogP contribution in [0.3, 0.4) is 0 Å². The number of anilines is 1. The van der Waals surface area contributed by atoms with Crippen molar-refractivity contribution in [2.24, 2.45) is 0 Å². The molecule has 1 atom stereocenters. The van der Waals surface area contributed by atoms with Gasteiger partial charge < -0.3 is 10.4 Å². The third-order valence-corrected chi connectivity index (χ3v) is 2.96. The summed E-state index contributed by atoms with van der Waals surface area (Å²) in [4.78, 5) is 10.9. The van der Waals surface area contributed by atoms with Crippen molar-refractivity contribution in [3.8, 4) is 0 Å². The Morgan fingerprint density at radius 1 is 1.41 bits per heavy atom. The number of benzene rings is 1. The molecule has 94 valence electrons. The maximum Gasteiger partial charge on any atom is 0.335 e. The molecule has 0 saturated heterocycles. The second-order valence-corrected chi connectivity index (χ2v) is 4.37. The van der Waals surface area contributed by atoms with Crippen LogP contribution < -0.4 is 5.32 Å². The zero-order chi connectivity index (χ0) is 12.8. The first-order valence-electron chi connectivity index (χ1n) is 6.19. The minimum atomic E-state index is -0.866. The predicted octanol–water partition coefficient (Wildman–Crippen LogP) is 3.68. The molecule has 0 bridgehead atoms. The van der Waals surface area contributed by atoms with Crippen LogP contribution in [-0.4, -0.2) is 17.1 Å². The maximum atomic E-state index is 10.9. The number of hydrogen-bond donors (Lipinski definition) is 2. The molecule has 1 rings (SSSR count). The average Bonchev–Trinajstić information content (AvgIpc) is 2.28. The molecular formula is C14H21NO2. The summed E-state index contributed by atoms with van der Waals surface area (Å²) in [6, 6.07) is 5.88. The Bertz CT molecular complexity index is 388. The van der Waals surface area contributed by atoms with E-state index in [1.54, 1.807) is 6.07 Å². The summed E-state index contributed by atoms with van der Waals surface area (Å²) in [5.74, 6) is -0.866. The lowest BCUT2D eigenvalue weighted by molar-refractivity contribution is 0.0696. The Labute approximate surface area is 103 Å². The van der Waals surface area contributed by atoms with Crippen LogP contribution in [0.4, 0.5) is 5.69 Å². The highest BCUT2D eigenvalue weighted by Crippen LogP contribution is 2.18. The largest absolute Gasteiger partial charge is 0.478 e. The van der Waals surface area contributed by atoms with Gasteiger partial charge in [-0.3, -0.25) is 0 Å². The topological polar surface area (TPSA) is 49.3 Å². The van der Waals surface area contributed by atoms with Gasteiger partial charge in [-0.25, -0.2) is 4.79 Å². The number of carboxylic acid groups (broad SMARTS) is 1. The van der Waals surface area contributed by atoms with Gasteiger partial charge in [-0.2, -0.15) is 0 Å². The van der Waals surface area contributed by atoms with Gasteiger partial charge in [0.05, 0.1) is 5.56 Å².